The van der Waals surface area contributed by atoms with Crippen LogP contribution >= 0.6 is 0 Å². The lowest BCUT2D eigenvalue weighted by molar-refractivity contribution is 0.100. The van der Waals surface area contributed by atoms with Gasteiger partial charge in [-0.3, -0.25) is 4.79 Å². The van der Waals surface area contributed by atoms with Gasteiger partial charge < -0.3 is 17.2 Å². The third-order valence-corrected chi connectivity index (χ3v) is 4.31. The number of amides is 1. The molecule has 0 radical (unpaired) electrons. The maximum atomic E-state index is 11.8. The summed E-state index contributed by atoms with van der Waals surface area (Å²) in [6, 6.07) is 21.6. The number of primary amides is 1. The SMILES string of the molecule is NCc1ccc(-c2ccc(C(N)=O)c(-c3ccc(CN)cc3)c2)cc1. The van der Waals surface area contributed by atoms with Gasteiger partial charge in [-0.05, 0) is 45.5 Å². The van der Waals surface area contributed by atoms with Crippen molar-refractivity contribution in [2.24, 2.45) is 17.2 Å². The van der Waals surface area contributed by atoms with Crippen LogP contribution < -0.4 is 17.2 Å². The maximum Gasteiger partial charge on any atom is 0.249 e. The molecule has 0 bridgehead atoms. The molecule has 0 heterocycles. The summed E-state index contributed by atoms with van der Waals surface area (Å²) >= 11 is 0. The van der Waals surface area contributed by atoms with Crippen molar-refractivity contribution in [3.8, 4) is 22.3 Å². The summed E-state index contributed by atoms with van der Waals surface area (Å²) in [7, 11) is 0. The molecule has 0 saturated carbocycles. The van der Waals surface area contributed by atoms with Gasteiger partial charge in [-0.15, -0.1) is 0 Å². The van der Waals surface area contributed by atoms with E-state index in [4.69, 9.17) is 17.2 Å². The Bertz CT molecular complexity index is 884. The van der Waals surface area contributed by atoms with Gasteiger partial charge in [-0.1, -0.05) is 54.6 Å². The van der Waals surface area contributed by atoms with Crippen LogP contribution in [0.5, 0.6) is 0 Å². The summed E-state index contributed by atoms with van der Waals surface area (Å²) in [6.07, 6.45) is 0. The fraction of sp³-hybridized carbons (Fsp3) is 0.0952. The van der Waals surface area contributed by atoms with E-state index in [-0.39, 0.29) is 0 Å². The van der Waals surface area contributed by atoms with Crippen LogP contribution in [0.4, 0.5) is 0 Å². The van der Waals surface area contributed by atoms with Crippen molar-refractivity contribution in [3.05, 3.63) is 83.4 Å². The molecule has 126 valence electrons. The highest BCUT2D eigenvalue weighted by Crippen LogP contribution is 2.30. The Labute approximate surface area is 147 Å². The summed E-state index contributed by atoms with van der Waals surface area (Å²) in [4.78, 5) is 11.8. The molecule has 4 heteroatoms. The van der Waals surface area contributed by atoms with Gasteiger partial charge in [-0.25, -0.2) is 0 Å². The highest BCUT2D eigenvalue weighted by Gasteiger charge is 2.12. The van der Waals surface area contributed by atoms with Crippen molar-refractivity contribution in [2.75, 3.05) is 0 Å². The van der Waals surface area contributed by atoms with Gasteiger partial charge in [0.15, 0.2) is 0 Å². The van der Waals surface area contributed by atoms with Crippen molar-refractivity contribution in [3.63, 3.8) is 0 Å². The molecule has 4 nitrogen and oxygen atoms in total. The van der Waals surface area contributed by atoms with E-state index >= 15 is 0 Å². The minimum atomic E-state index is -0.442. The molecule has 0 fully saturated rings. The third-order valence-electron chi connectivity index (χ3n) is 4.31. The zero-order chi connectivity index (χ0) is 17.8. The first-order valence-electron chi connectivity index (χ1n) is 8.15. The van der Waals surface area contributed by atoms with Gasteiger partial charge >= 0.3 is 0 Å². The second-order valence-corrected chi connectivity index (χ2v) is 5.93. The van der Waals surface area contributed by atoms with E-state index in [1.54, 1.807) is 6.07 Å². The minimum absolute atomic E-state index is 0.442. The summed E-state index contributed by atoms with van der Waals surface area (Å²) in [6.45, 7) is 0.996. The van der Waals surface area contributed by atoms with Crippen LogP contribution in [0.15, 0.2) is 66.7 Å². The number of carbonyl (C=O) groups is 1. The Morgan fingerprint density at radius 2 is 1.16 bits per heavy atom. The van der Waals surface area contributed by atoms with Gasteiger partial charge in [0.25, 0.3) is 0 Å². The van der Waals surface area contributed by atoms with Crippen LogP contribution in [0.1, 0.15) is 21.5 Å². The standard InChI is InChI=1S/C21H21N3O/c22-12-14-1-5-16(6-2-14)18-9-10-19(21(24)25)20(11-18)17-7-3-15(13-23)4-8-17/h1-11H,12-13,22-23H2,(H2,24,25). The van der Waals surface area contributed by atoms with Crippen molar-refractivity contribution in [2.45, 2.75) is 13.1 Å². The molecule has 0 unspecified atom stereocenters. The number of benzene rings is 3. The Balaban J connectivity index is 2.08. The fourth-order valence-electron chi connectivity index (χ4n) is 2.83. The number of carbonyl (C=O) groups excluding carboxylic acids is 1. The molecule has 3 aromatic rings. The van der Waals surface area contributed by atoms with Crippen molar-refractivity contribution in [1.82, 2.24) is 0 Å². The topological polar surface area (TPSA) is 95.1 Å². The lowest BCUT2D eigenvalue weighted by Gasteiger charge is -2.11. The molecule has 0 aliphatic carbocycles. The van der Waals surface area contributed by atoms with Crippen LogP contribution in [0.3, 0.4) is 0 Å². The van der Waals surface area contributed by atoms with Gasteiger partial charge in [0.1, 0.15) is 0 Å². The Morgan fingerprint density at radius 1 is 0.680 bits per heavy atom. The van der Waals surface area contributed by atoms with E-state index < -0.39 is 5.91 Å². The van der Waals surface area contributed by atoms with Gasteiger partial charge in [-0.2, -0.15) is 0 Å². The molecule has 1 amide bonds. The van der Waals surface area contributed by atoms with E-state index in [1.165, 1.54) is 0 Å². The summed E-state index contributed by atoms with van der Waals surface area (Å²) in [5, 5.41) is 0. The van der Waals surface area contributed by atoms with Gasteiger partial charge in [0.05, 0.1) is 0 Å². The van der Waals surface area contributed by atoms with E-state index in [0.29, 0.717) is 18.7 Å². The van der Waals surface area contributed by atoms with Crippen LogP contribution in [-0.2, 0) is 13.1 Å². The first-order chi connectivity index (χ1) is 12.1. The maximum absolute atomic E-state index is 11.8. The Hall–Kier alpha value is -2.95. The summed E-state index contributed by atoms with van der Waals surface area (Å²) in [5.41, 5.74) is 23.3. The lowest BCUT2D eigenvalue weighted by Crippen LogP contribution is -2.12. The second kappa shape index (κ2) is 7.30. The predicted octanol–water partition coefficient (Wildman–Crippen LogP) is 3.04. The highest BCUT2D eigenvalue weighted by atomic mass is 16.1. The average molecular weight is 331 g/mol. The molecular weight excluding hydrogens is 310 g/mol. The van der Waals surface area contributed by atoms with E-state index in [0.717, 1.165) is 33.4 Å². The zero-order valence-corrected chi connectivity index (χ0v) is 13.9. The molecule has 0 aromatic heterocycles. The van der Waals surface area contributed by atoms with Crippen molar-refractivity contribution < 1.29 is 4.79 Å². The molecule has 25 heavy (non-hydrogen) atoms. The predicted molar refractivity (Wildman–Crippen MR) is 102 cm³/mol. The molecule has 0 atom stereocenters. The quantitative estimate of drug-likeness (QED) is 0.670. The van der Waals surface area contributed by atoms with Crippen LogP contribution in [0.25, 0.3) is 22.3 Å². The summed E-state index contributed by atoms with van der Waals surface area (Å²) in [5.74, 6) is -0.442. The van der Waals surface area contributed by atoms with Crippen molar-refractivity contribution in [1.29, 1.82) is 0 Å². The molecule has 3 rings (SSSR count). The fourth-order valence-corrected chi connectivity index (χ4v) is 2.83. The molecule has 3 aromatic carbocycles. The molecule has 0 aliphatic heterocycles. The number of rotatable bonds is 5. The van der Waals surface area contributed by atoms with Crippen LogP contribution in [-0.4, -0.2) is 5.91 Å². The first kappa shape index (κ1) is 16.9. The zero-order valence-electron chi connectivity index (χ0n) is 13.9. The number of nitrogens with two attached hydrogens (primary N) is 3. The molecule has 0 saturated heterocycles. The Morgan fingerprint density at radius 3 is 1.64 bits per heavy atom. The summed E-state index contributed by atoms with van der Waals surface area (Å²) < 4.78 is 0. The third kappa shape index (κ3) is 3.60. The first-order valence-corrected chi connectivity index (χ1v) is 8.15. The molecule has 6 N–H and O–H groups in total. The van der Waals surface area contributed by atoms with E-state index in [2.05, 4.69) is 0 Å². The highest BCUT2D eigenvalue weighted by molar-refractivity contribution is 6.00. The Kier molecular flexibility index (Phi) is 4.93. The van der Waals surface area contributed by atoms with Crippen LogP contribution in [0.2, 0.25) is 0 Å². The smallest absolute Gasteiger partial charge is 0.249 e. The van der Waals surface area contributed by atoms with Gasteiger partial charge in [0, 0.05) is 18.7 Å². The monoisotopic (exact) mass is 331 g/mol. The number of hydrogen-bond acceptors (Lipinski definition) is 3. The van der Waals surface area contributed by atoms with Crippen molar-refractivity contribution >= 4 is 5.91 Å². The van der Waals surface area contributed by atoms with E-state index in [1.807, 2.05) is 60.7 Å². The second-order valence-electron chi connectivity index (χ2n) is 5.93. The molecule has 0 aliphatic rings. The average Bonchev–Trinajstić information content (AvgIpc) is 2.67. The number of hydrogen-bond donors (Lipinski definition) is 3. The normalized spacial score (nSPS) is 10.6. The van der Waals surface area contributed by atoms with Crippen LogP contribution in [0, 0.1) is 0 Å². The molecular formula is C21H21N3O. The molecule has 0 spiro atoms. The largest absolute Gasteiger partial charge is 0.366 e. The van der Waals surface area contributed by atoms with Gasteiger partial charge in [0.2, 0.25) is 5.91 Å². The van der Waals surface area contributed by atoms with E-state index in [9.17, 15) is 4.79 Å². The lowest BCUT2D eigenvalue weighted by atomic mass is 9.93. The minimum Gasteiger partial charge on any atom is -0.366 e.